The normalized spacial score (nSPS) is 19.7. The van der Waals surface area contributed by atoms with Gasteiger partial charge in [-0.05, 0) is 31.0 Å². The molecule has 19 heavy (non-hydrogen) atoms. The van der Waals surface area contributed by atoms with Gasteiger partial charge in [0.1, 0.15) is 5.75 Å². The van der Waals surface area contributed by atoms with Gasteiger partial charge in [-0.2, -0.15) is 0 Å². The van der Waals surface area contributed by atoms with Crippen LogP contribution >= 0.6 is 0 Å². The molecule has 1 fully saturated rings. The summed E-state index contributed by atoms with van der Waals surface area (Å²) in [6.45, 7) is -0.118. The molecule has 0 spiro atoms. The first kappa shape index (κ1) is 12.2. The number of nitrogens with one attached hydrogen (secondary N) is 1. The van der Waals surface area contributed by atoms with Gasteiger partial charge in [0.05, 0.1) is 17.7 Å². The lowest BCUT2D eigenvalue weighted by Crippen LogP contribution is -2.41. The maximum absolute atomic E-state index is 12.4. The molecule has 1 heterocycles. The maximum atomic E-state index is 12.4. The molecule has 2 aliphatic rings. The number of carbonyl (C=O) groups excluding carboxylic acids is 2. The van der Waals surface area contributed by atoms with Crippen LogP contribution in [0.2, 0.25) is 0 Å². The zero-order valence-corrected chi connectivity index (χ0v) is 10.4. The minimum atomic E-state index is -0.617. The predicted molar refractivity (Wildman–Crippen MR) is 68.3 cm³/mol. The number of carbonyl (C=O) groups is 2. The first-order valence-corrected chi connectivity index (χ1v) is 6.37. The average Bonchev–Trinajstić information content (AvgIpc) is 2.37. The third kappa shape index (κ3) is 1.90. The van der Waals surface area contributed by atoms with E-state index < -0.39 is 5.41 Å². The predicted octanol–water partition coefficient (Wildman–Crippen LogP) is 1.36. The number of rotatable bonds is 3. The van der Waals surface area contributed by atoms with Crippen molar-refractivity contribution in [1.29, 1.82) is 0 Å². The van der Waals surface area contributed by atoms with E-state index in [2.05, 4.69) is 5.32 Å². The molecule has 5 nitrogen and oxygen atoms in total. The summed E-state index contributed by atoms with van der Waals surface area (Å²) in [6, 6.07) is 5.00. The van der Waals surface area contributed by atoms with E-state index in [-0.39, 0.29) is 24.9 Å². The van der Waals surface area contributed by atoms with Crippen LogP contribution in [0.5, 0.6) is 5.75 Å². The first-order valence-electron chi connectivity index (χ1n) is 6.37. The molecule has 5 heteroatoms. The minimum Gasteiger partial charge on any atom is -0.482 e. The van der Waals surface area contributed by atoms with Gasteiger partial charge in [-0.25, -0.2) is 0 Å². The molecule has 0 atom stereocenters. The first-order chi connectivity index (χ1) is 9.14. The fourth-order valence-electron chi connectivity index (χ4n) is 2.59. The molecule has 1 aromatic rings. The summed E-state index contributed by atoms with van der Waals surface area (Å²) in [4.78, 5) is 23.7. The second-order valence-corrected chi connectivity index (χ2v) is 5.17. The zero-order valence-electron chi connectivity index (χ0n) is 10.4. The molecule has 3 rings (SSSR count). The Morgan fingerprint density at radius 2 is 2.21 bits per heavy atom. The van der Waals surface area contributed by atoms with E-state index in [0.717, 1.165) is 19.3 Å². The summed E-state index contributed by atoms with van der Waals surface area (Å²) in [5.74, 6) is 0.296. The standard InChI is InChI=1S/C14H15NO4/c16-8-14(4-1-5-14)13(18)9-2-3-11-10(6-9)15-12(17)7-19-11/h2-3,6,16H,1,4-5,7-8H2,(H,15,17). The van der Waals surface area contributed by atoms with Gasteiger partial charge in [-0.15, -0.1) is 0 Å². The number of hydrogen-bond donors (Lipinski definition) is 2. The molecule has 0 radical (unpaired) electrons. The van der Waals surface area contributed by atoms with Gasteiger partial charge >= 0.3 is 0 Å². The molecular formula is C14H15NO4. The highest BCUT2D eigenvalue weighted by Gasteiger charge is 2.43. The van der Waals surface area contributed by atoms with Crippen LogP contribution in [0.4, 0.5) is 5.69 Å². The highest BCUT2D eigenvalue weighted by Crippen LogP contribution is 2.43. The monoisotopic (exact) mass is 261 g/mol. The molecule has 2 N–H and O–H groups in total. The Hall–Kier alpha value is -1.88. The molecule has 1 saturated carbocycles. The summed E-state index contributed by atoms with van der Waals surface area (Å²) in [5.41, 5.74) is 0.418. The van der Waals surface area contributed by atoms with Gasteiger partial charge in [0.2, 0.25) is 0 Å². The van der Waals surface area contributed by atoms with Gasteiger partial charge in [-0.1, -0.05) is 6.42 Å². The van der Waals surface area contributed by atoms with E-state index >= 15 is 0 Å². The van der Waals surface area contributed by atoms with Crippen LogP contribution in [0, 0.1) is 5.41 Å². The van der Waals surface area contributed by atoms with Crippen molar-refractivity contribution in [2.75, 3.05) is 18.5 Å². The average molecular weight is 261 g/mol. The van der Waals surface area contributed by atoms with Crippen molar-refractivity contribution in [1.82, 2.24) is 0 Å². The summed E-state index contributed by atoms with van der Waals surface area (Å²) < 4.78 is 5.25. The van der Waals surface area contributed by atoms with E-state index in [4.69, 9.17) is 4.74 Å². The smallest absolute Gasteiger partial charge is 0.262 e. The number of benzene rings is 1. The molecule has 1 amide bonds. The molecule has 1 aliphatic carbocycles. The number of aliphatic hydroxyl groups is 1. The van der Waals surface area contributed by atoms with Crippen molar-refractivity contribution >= 4 is 17.4 Å². The Bertz CT molecular complexity index is 543. The van der Waals surface area contributed by atoms with Crippen molar-refractivity contribution < 1.29 is 19.4 Å². The quantitative estimate of drug-likeness (QED) is 0.806. The van der Waals surface area contributed by atoms with Gasteiger partial charge < -0.3 is 15.2 Å². The van der Waals surface area contributed by atoms with Gasteiger partial charge in [0, 0.05) is 5.56 Å². The van der Waals surface area contributed by atoms with Crippen molar-refractivity contribution in [3.05, 3.63) is 23.8 Å². The second-order valence-electron chi connectivity index (χ2n) is 5.17. The highest BCUT2D eigenvalue weighted by molar-refractivity contribution is 6.03. The summed E-state index contributed by atoms with van der Waals surface area (Å²) in [5, 5.41) is 12.1. The van der Waals surface area contributed by atoms with Gasteiger partial charge in [-0.3, -0.25) is 9.59 Å². The Morgan fingerprint density at radius 1 is 1.42 bits per heavy atom. The molecule has 1 aromatic carbocycles. The fraction of sp³-hybridized carbons (Fsp3) is 0.429. The van der Waals surface area contributed by atoms with Crippen molar-refractivity contribution in [2.45, 2.75) is 19.3 Å². The van der Waals surface area contributed by atoms with Crippen molar-refractivity contribution in [3.8, 4) is 5.75 Å². The van der Waals surface area contributed by atoms with Crippen LogP contribution < -0.4 is 10.1 Å². The number of Topliss-reactive ketones (excluding diaryl/α,β-unsaturated/α-hetero) is 1. The van der Waals surface area contributed by atoms with E-state index in [9.17, 15) is 14.7 Å². The van der Waals surface area contributed by atoms with Gasteiger partial charge in [0.25, 0.3) is 5.91 Å². The molecule has 0 saturated heterocycles. The largest absolute Gasteiger partial charge is 0.482 e. The number of anilines is 1. The Balaban J connectivity index is 1.91. The van der Waals surface area contributed by atoms with E-state index in [1.807, 2.05) is 0 Å². The number of ether oxygens (including phenoxy) is 1. The molecule has 0 unspecified atom stereocenters. The zero-order chi connectivity index (χ0) is 13.5. The third-order valence-electron chi connectivity index (χ3n) is 3.97. The molecule has 0 bridgehead atoms. The second kappa shape index (κ2) is 4.35. The van der Waals surface area contributed by atoms with E-state index in [0.29, 0.717) is 17.0 Å². The van der Waals surface area contributed by atoms with Crippen molar-refractivity contribution in [2.24, 2.45) is 5.41 Å². The van der Waals surface area contributed by atoms with Crippen LogP contribution in [0.15, 0.2) is 18.2 Å². The lowest BCUT2D eigenvalue weighted by molar-refractivity contribution is -0.118. The lowest BCUT2D eigenvalue weighted by atomic mass is 9.65. The third-order valence-corrected chi connectivity index (χ3v) is 3.97. The number of hydrogen-bond acceptors (Lipinski definition) is 4. The minimum absolute atomic E-state index is 0.000864. The van der Waals surface area contributed by atoms with E-state index in [1.165, 1.54) is 0 Å². The summed E-state index contributed by atoms with van der Waals surface area (Å²) >= 11 is 0. The number of aliphatic hydroxyl groups excluding tert-OH is 1. The lowest BCUT2D eigenvalue weighted by Gasteiger charge is -2.38. The van der Waals surface area contributed by atoms with Crippen LogP contribution in [-0.2, 0) is 4.79 Å². The molecule has 100 valence electrons. The SMILES string of the molecule is O=C1COc2ccc(C(=O)C3(CO)CCC3)cc2N1. The Kier molecular flexibility index (Phi) is 2.78. The number of ketones is 1. The van der Waals surface area contributed by atoms with Crippen LogP contribution in [-0.4, -0.2) is 30.0 Å². The van der Waals surface area contributed by atoms with Crippen LogP contribution in [0.1, 0.15) is 29.6 Å². The number of fused-ring (bicyclic) bond motifs is 1. The van der Waals surface area contributed by atoms with Crippen LogP contribution in [0.3, 0.4) is 0 Å². The summed E-state index contributed by atoms with van der Waals surface area (Å²) in [7, 11) is 0. The molecular weight excluding hydrogens is 246 g/mol. The molecule has 0 aromatic heterocycles. The number of amides is 1. The van der Waals surface area contributed by atoms with E-state index in [1.54, 1.807) is 18.2 Å². The highest BCUT2D eigenvalue weighted by atomic mass is 16.5. The maximum Gasteiger partial charge on any atom is 0.262 e. The van der Waals surface area contributed by atoms with Gasteiger partial charge in [0.15, 0.2) is 12.4 Å². The fourth-order valence-corrected chi connectivity index (χ4v) is 2.59. The topological polar surface area (TPSA) is 75.6 Å². The summed E-state index contributed by atoms with van der Waals surface area (Å²) in [6.07, 6.45) is 2.42. The Labute approximate surface area is 110 Å². The van der Waals surface area contributed by atoms with Crippen LogP contribution in [0.25, 0.3) is 0 Å². The molecule has 1 aliphatic heterocycles. The Morgan fingerprint density at radius 3 is 2.84 bits per heavy atom. The van der Waals surface area contributed by atoms with Crippen molar-refractivity contribution in [3.63, 3.8) is 0 Å².